The van der Waals surface area contributed by atoms with E-state index in [4.69, 9.17) is 18.9 Å². The summed E-state index contributed by atoms with van der Waals surface area (Å²) in [7, 11) is 1.55. The van der Waals surface area contributed by atoms with E-state index >= 15 is 0 Å². The van der Waals surface area contributed by atoms with Crippen LogP contribution in [0.1, 0.15) is 45.7 Å². The Hall–Kier alpha value is -3.82. The fraction of sp³-hybridized carbons (Fsp3) is 0.440. The number of pyridine rings is 1. The number of ether oxygens (including phenoxy) is 4. The molecule has 1 amide bonds. The highest BCUT2D eigenvalue weighted by Crippen LogP contribution is 2.29. The van der Waals surface area contributed by atoms with Crippen LogP contribution in [-0.2, 0) is 14.3 Å². The number of nitrogens with one attached hydrogen (secondary N) is 1. The summed E-state index contributed by atoms with van der Waals surface area (Å²) in [6, 6.07) is 8.76. The fourth-order valence-electron chi connectivity index (χ4n) is 3.44. The van der Waals surface area contributed by atoms with Gasteiger partial charge in [-0.15, -0.1) is 0 Å². The van der Waals surface area contributed by atoms with Crippen LogP contribution >= 0.6 is 0 Å². The van der Waals surface area contributed by atoms with Gasteiger partial charge in [0.25, 0.3) is 0 Å². The van der Waals surface area contributed by atoms with E-state index in [0.29, 0.717) is 24.8 Å². The lowest BCUT2D eigenvalue weighted by atomic mass is 10.1. The minimum atomic E-state index is -0.552. The Labute approximate surface area is 204 Å². The number of carbonyl (C=O) groups is 2. The Balaban J connectivity index is 1.73. The molecule has 3 aromatic rings. The van der Waals surface area contributed by atoms with Gasteiger partial charge in [-0.2, -0.15) is 5.10 Å². The van der Waals surface area contributed by atoms with Crippen LogP contribution < -0.4 is 14.8 Å². The third-order valence-electron chi connectivity index (χ3n) is 4.92. The number of aromatic nitrogens is 3. The molecular formula is C25H32N4O6. The smallest absolute Gasteiger partial charge is 0.407 e. The normalized spacial score (nSPS) is 12.1. The van der Waals surface area contributed by atoms with E-state index < -0.39 is 17.7 Å². The molecule has 0 radical (unpaired) electrons. The van der Waals surface area contributed by atoms with Crippen molar-refractivity contribution in [3.8, 4) is 11.6 Å². The maximum Gasteiger partial charge on any atom is 0.407 e. The maximum atomic E-state index is 12.3. The second-order valence-electron chi connectivity index (χ2n) is 8.75. The molecule has 35 heavy (non-hydrogen) atoms. The SMILES string of the molecule is CCOC(=O)CC(c1ccc(OC)nc1)n1ncc2cc(OCCNC(=O)OC(C)(C)C)ccc21. The Morgan fingerprint density at radius 2 is 1.94 bits per heavy atom. The van der Waals surface area contributed by atoms with Gasteiger partial charge in [0.2, 0.25) is 5.88 Å². The Kier molecular flexibility index (Phi) is 8.51. The summed E-state index contributed by atoms with van der Waals surface area (Å²) >= 11 is 0. The van der Waals surface area contributed by atoms with Crippen LogP contribution in [0.15, 0.2) is 42.7 Å². The molecule has 0 saturated carbocycles. The molecule has 0 bridgehead atoms. The number of alkyl carbamates (subject to hydrolysis) is 1. The lowest BCUT2D eigenvalue weighted by Gasteiger charge is -2.19. The average Bonchev–Trinajstić information content (AvgIpc) is 3.22. The summed E-state index contributed by atoms with van der Waals surface area (Å²) in [6.45, 7) is 8.08. The van der Waals surface area contributed by atoms with Crippen molar-refractivity contribution in [3.63, 3.8) is 0 Å². The van der Waals surface area contributed by atoms with E-state index in [1.807, 2.05) is 24.3 Å². The van der Waals surface area contributed by atoms with Crippen molar-refractivity contribution >= 4 is 23.0 Å². The number of nitrogens with zero attached hydrogens (tertiary/aromatic N) is 3. The summed E-state index contributed by atoms with van der Waals surface area (Å²) in [4.78, 5) is 28.4. The lowest BCUT2D eigenvalue weighted by molar-refractivity contribution is -0.143. The molecule has 1 N–H and O–H groups in total. The van der Waals surface area contributed by atoms with Crippen molar-refractivity contribution in [2.75, 3.05) is 26.9 Å². The maximum absolute atomic E-state index is 12.3. The van der Waals surface area contributed by atoms with Crippen LogP contribution in [0.2, 0.25) is 0 Å². The second kappa shape index (κ2) is 11.5. The molecule has 2 heterocycles. The molecule has 3 rings (SSSR count). The van der Waals surface area contributed by atoms with Gasteiger partial charge >= 0.3 is 12.1 Å². The molecular weight excluding hydrogens is 452 g/mol. The van der Waals surface area contributed by atoms with Gasteiger partial charge in [0.05, 0.1) is 44.4 Å². The highest BCUT2D eigenvalue weighted by molar-refractivity contribution is 5.81. The molecule has 0 saturated heterocycles. The summed E-state index contributed by atoms with van der Waals surface area (Å²) in [5.74, 6) is 0.794. The molecule has 1 atom stereocenters. The first-order chi connectivity index (χ1) is 16.7. The van der Waals surface area contributed by atoms with Gasteiger partial charge in [-0.25, -0.2) is 9.78 Å². The van der Waals surface area contributed by atoms with E-state index in [2.05, 4.69) is 15.4 Å². The highest BCUT2D eigenvalue weighted by atomic mass is 16.6. The minimum absolute atomic E-state index is 0.104. The summed E-state index contributed by atoms with van der Waals surface area (Å²) in [6.07, 6.45) is 3.01. The zero-order valence-electron chi connectivity index (χ0n) is 20.7. The molecule has 0 aliphatic carbocycles. The Morgan fingerprint density at radius 3 is 2.60 bits per heavy atom. The van der Waals surface area contributed by atoms with Gasteiger partial charge in [0.15, 0.2) is 0 Å². The van der Waals surface area contributed by atoms with E-state index in [1.165, 1.54) is 0 Å². The molecule has 0 aliphatic heterocycles. The standard InChI is InChI=1S/C25H32N4O6/c1-6-33-23(30)14-21(17-7-10-22(32-5)27-15-17)29-20-9-8-19(13-18(20)16-28-29)34-12-11-26-24(31)35-25(2,3)4/h7-10,13,15-16,21H,6,11-12,14H2,1-5H3,(H,26,31). The van der Waals surface area contributed by atoms with E-state index in [9.17, 15) is 9.59 Å². The first-order valence-electron chi connectivity index (χ1n) is 11.4. The van der Waals surface area contributed by atoms with Gasteiger partial charge in [0.1, 0.15) is 18.0 Å². The number of rotatable bonds is 10. The zero-order valence-corrected chi connectivity index (χ0v) is 20.7. The van der Waals surface area contributed by atoms with E-state index in [0.717, 1.165) is 16.5 Å². The van der Waals surface area contributed by atoms with Gasteiger partial charge < -0.3 is 24.3 Å². The van der Waals surface area contributed by atoms with Crippen LogP contribution in [0.5, 0.6) is 11.6 Å². The zero-order chi connectivity index (χ0) is 25.4. The van der Waals surface area contributed by atoms with E-state index in [1.54, 1.807) is 57.9 Å². The van der Waals surface area contributed by atoms with Crippen molar-refractivity contribution in [2.45, 2.75) is 45.8 Å². The molecule has 0 fully saturated rings. The predicted molar refractivity (Wildman–Crippen MR) is 130 cm³/mol. The molecule has 0 spiro atoms. The molecule has 0 aliphatic rings. The Bertz CT molecular complexity index is 1140. The quantitative estimate of drug-likeness (QED) is 0.341. The first kappa shape index (κ1) is 25.8. The highest BCUT2D eigenvalue weighted by Gasteiger charge is 2.22. The average molecular weight is 485 g/mol. The fourth-order valence-corrected chi connectivity index (χ4v) is 3.44. The molecule has 10 heteroatoms. The number of carbonyl (C=O) groups excluding carboxylic acids is 2. The van der Waals surface area contributed by atoms with Crippen molar-refractivity contribution in [2.24, 2.45) is 0 Å². The summed E-state index contributed by atoms with van der Waals surface area (Å²) in [5.41, 5.74) is 1.08. The number of amides is 1. The molecule has 2 aromatic heterocycles. The third kappa shape index (κ3) is 7.33. The molecule has 1 unspecified atom stereocenters. The largest absolute Gasteiger partial charge is 0.492 e. The summed E-state index contributed by atoms with van der Waals surface area (Å²) < 4.78 is 23.1. The summed E-state index contributed by atoms with van der Waals surface area (Å²) in [5, 5.41) is 8.05. The van der Waals surface area contributed by atoms with Crippen LogP contribution in [0.4, 0.5) is 4.79 Å². The van der Waals surface area contributed by atoms with Gasteiger partial charge in [-0.3, -0.25) is 9.48 Å². The topological polar surface area (TPSA) is 114 Å². The number of hydrogen-bond donors (Lipinski definition) is 1. The van der Waals surface area contributed by atoms with E-state index in [-0.39, 0.29) is 19.0 Å². The number of methoxy groups -OCH3 is 1. The van der Waals surface area contributed by atoms with Gasteiger partial charge in [-0.1, -0.05) is 0 Å². The number of fused-ring (bicyclic) bond motifs is 1. The van der Waals surface area contributed by atoms with Crippen molar-refractivity contribution in [3.05, 3.63) is 48.3 Å². The van der Waals surface area contributed by atoms with Crippen LogP contribution in [0.3, 0.4) is 0 Å². The van der Waals surface area contributed by atoms with Crippen molar-refractivity contribution in [1.82, 2.24) is 20.1 Å². The van der Waals surface area contributed by atoms with Gasteiger partial charge in [-0.05, 0) is 57.5 Å². The first-order valence-corrected chi connectivity index (χ1v) is 11.4. The number of esters is 1. The van der Waals surface area contributed by atoms with Crippen molar-refractivity contribution in [1.29, 1.82) is 0 Å². The predicted octanol–water partition coefficient (Wildman–Crippen LogP) is 3.89. The third-order valence-corrected chi connectivity index (χ3v) is 4.92. The number of hydrogen-bond acceptors (Lipinski definition) is 8. The molecule has 10 nitrogen and oxygen atoms in total. The van der Waals surface area contributed by atoms with Crippen molar-refractivity contribution < 1.29 is 28.5 Å². The Morgan fingerprint density at radius 1 is 1.14 bits per heavy atom. The second-order valence-corrected chi connectivity index (χ2v) is 8.75. The minimum Gasteiger partial charge on any atom is -0.492 e. The number of benzene rings is 1. The van der Waals surface area contributed by atoms with Crippen LogP contribution in [0.25, 0.3) is 10.9 Å². The molecule has 188 valence electrons. The lowest BCUT2D eigenvalue weighted by Crippen LogP contribution is -2.34. The van der Waals surface area contributed by atoms with Crippen LogP contribution in [-0.4, -0.2) is 59.3 Å². The van der Waals surface area contributed by atoms with Gasteiger partial charge in [0, 0.05) is 17.6 Å². The van der Waals surface area contributed by atoms with Crippen LogP contribution in [0, 0.1) is 0 Å². The monoisotopic (exact) mass is 484 g/mol. The molecule has 1 aromatic carbocycles.